The van der Waals surface area contributed by atoms with Crippen molar-refractivity contribution in [2.24, 2.45) is 0 Å². The number of carbonyl (C=O) groups is 5. The van der Waals surface area contributed by atoms with Gasteiger partial charge in [0.2, 0.25) is 5.91 Å². The van der Waals surface area contributed by atoms with Crippen LogP contribution in [-0.2, 0) is 57.0 Å². The van der Waals surface area contributed by atoms with Crippen LogP contribution < -0.4 is 24.7 Å². The Hall–Kier alpha value is -3.68. The number of hydrogen-bond acceptors (Lipinski definition) is 11. The highest BCUT2D eigenvalue weighted by Crippen LogP contribution is 2.38. The van der Waals surface area contributed by atoms with Crippen molar-refractivity contribution in [1.29, 1.82) is 0 Å². The maximum atomic E-state index is 14.3. The maximum Gasteiger partial charge on any atom is 0.427 e. The second-order valence-electron chi connectivity index (χ2n) is 15.1. The molecule has 0 spiro atoms. The number of nitrogens with zero attached hydrogens (tertiary/aromatic N) is 3. The molecule has 2 aromatic rings. The number of aryl methyl sites for hydroxylation is 2. The van der Waals surface area contributed by atoms with Crippen molar-refractivity contribution >= 4 is 106 Å². The van der Waals surface area contributed by atoms with Crippen molar-refractivity contribution in [2.75, 3.05) is 74.2 Å². The Bertz CT molecular complexity index is 2030. The summed E-state index contributed by atoms with van der Waals surface area (Å²) in [7, 11) is -2.13. The second kappa shape index (κ2) is 33.8. The zero-order valence-corrected chi connectivity index (χ0v) is 44.4. The molecule has 1 heterocycles. The predicted molar refractivity (Wildman–Crippen MR) is 270 cm³/mol. The SMILES string of the molecule is C=CCN(CC=C)C(=O)C(Cl)Cl.CC(C)=C1OC(=O)N(c2cc(OC3CCCC3)c(Cl)cc2F)C1=O.CCc1cccc(CC)c1N(COC)C(=O)CCl.C[S+](C)C.O=C(O)CNCP(=O)([O-])O. The highest BCUT2D eigenvalue weighted by atomic mass is 35.5. The van der Waals surface area contributed by atoms with Gasteiger partial charge in [0.05, 0.1) is 54.1 Å². The van der Waals surface area contributed by atoms with Crippen LogP contribution >= 0.6 is 54.0 Å². The third-order valence-electron chi connectivity index (χ3n) is 8.76. The summed E-state index contributed by atoms with van der Waals surface area (Å²) in [6, 6.07) is 8.43. The number of carboxylic acid groups (broad SMARTS) is 1. The van der Waals surface area contributed by atoms with Crippen LogP contribution in [0.4, 0.5) is 20.6 Å². The first-order valence-electron chi connectivity index (χ1n) is 20.9. The fourth-order valence-electron chi connectivity index (χ4n) is 5.88. The number of carboxylic acids is 1. The van der Waals surface area contributed by atoms with E-state index in [2.05, 4.69) is 45.8 Å². The van der Waals surface area contributed by atoms with E-state index in [1.807, 2.05) is 23.5 Å². The summed E-state index contributed by atoms with van der Waals surface area (Å²) in [6.45, 7) is 15.1. The minimum Gasteiger partial charge on any atom is -0.778 e. The molecule has 1 aliphatic carbocycles. The number of ether oxygens (including phenoxy) is 3. The largest absolute Gasteiger partial charge is 0.778 e. The van der Waals surface area contributed by atoms with E-state index in [9.17, 15) is 37.8 Å². The number of alkyl halides is 3. The van der Waals surface area contributed by atoms with E-state index in [4.69, 9.17) is 70.6 Å². The van der Waals surface area contributed by atoms with Crippen LogP contribution in [0.2, 0.25) is 5.02 Å². The minimum atomic E-state index is -4.35. The number of methoxy groups -OCH3 is 1. The van der Waals surface area contributed by atoms with Crippen molar-refractivity contribution in [3.8, 4) is 5.75 Å². The van der Waals surface area contributed by atoms with Crippen LogP contribution in [0.15, 0.2) is 67.0 Å². The van der Waals surface area contributed by atoms with Crippen molar-refractivity contribution in [2.45, 2.75) is 77.2 Å². The Kier molecular flexibility index (Phi) is 32.0. The molecule has 4 amide bonds. The van der Waals surface area contributed by atoms with Crippen LogP contribution in [0.1, 0.15) is 64.5 Å². The summed E-state index contributed by atoms with van der Waals surface area (Å²) >= 11 is 22.5. The third-order valence-corrected chi connectivity index (χ3v) is 10.3. The van der Waals surface area contributed by atoms with Crippen LogP contribution in [0.25, 0.3) is 0 Å². The molecule has 1 unspecified atom stereocenters. The van der Waals surface area contributed by atoms with Crippen LogP contribution in [0, 0.1) is 5.82 Å². The molecule has 2 aromatic carbocycles. The molecule has 1 saturated carbocycles. The number of aliphatic carboxylic acids is 1. The Labute approximate surface area is 422 Å². The van der Waals surface area contributed by atoms with Gasteiger partial charge in [0, 0.05) is 26.3 Å². The molecule has 1 aliphatic heterocycles. The van der Waals surface area contributed by atoms with Gasteiger partial charge >= 0.3 is 18.0 Å². The van der Waals surface area contributed by atoms with Gasteiger partial charge in [-0.25, -0.2) is 14.1 Å². The van der Waals surface area contributed by atoms with Gasteiger partial charge in [0.25, 0.3) is 5.91 Å². The average Bonchev–Trinajstić information content (AvgIpc) is 3.89. The lowest BCUT2D eigenvalue weighted by Crippen LogP contribution is -2.35. The summed E-state index contributed by atoms with van der Waals surface area (Å²) in [5, 5.41) is 10.1. The Morgan fingerprint density at radius 2 is 1.60 bits per heavy atom. The van der Waals surface area contributed by atoms with E-state index in [1.165, 1.54) is 11.0 Å². The van der Waals surface area contributed by atoms with E-state index >= 15 is 0 Å². The number of para-hydroxylation sites is 1. The number of imide groups is 1. The van der Waals surface area contributed by atoms with E-state index in [1.54, 1.807) is 38.0 Å². The minimum absolute atomic E-state index is 0.00962. The average molecular weight is 1080 g/mol. The van der Waals surface area contributed by atoms with Gasteiger partial charge in [-0.3, -0.25) is 29.4 Å². The fourth-order valence-corrected chi connectivity index (χ4v) is 6.89. The molecule has 2 fully saturated rings. The molecule has 68 heavy (non-hydrogen) atoms. The molecule has 382 valence electrons. The molecule has 1 saturated heterocycles. The summed E-state index contributed by atoms with van der Waals surface area (Å²) in [6.07, 6.45) is 13.8. The quantitative estimate of drug-likeness (QED) is 0.0321. The summed E-state index contributed by atoms with van der Waals surface area (Å²) < 4.78 is 40.1. The number of nitrogens with one attached hydrogen (secondary N) is 1. The summed E-state index contributed by atoms with van der Waals surface area (Å²) in [4.78, 5) is 78.0. The standard InChI is InChI=1S/C17H17ClFNO4.C14H20ClNO2.C8H11Cl2NO.C3H8NO5P.C3H9S/c1-9(2)15-16(21)20(17(22)24-15)13-8-14(11(18)7-12(13)19)23-10-5-3-4-6-10;1-4-11-7-6-8-12(5-2)14(11)16(10-18-3)13(17)9-15;1-3-5-11(6-4-2)8(12)7(9)10;5-3(6)1-4-2-10(7,8)9;1-4(2)3/h7-8,10H,3-6H2,1-2H3;6-8H,4-5,9-10H2,1-3H3;3-4,7H,1-2,5-6H2;4H,1-2H2,(H,5,6)(H2,7,8,9);1-3H3/q;;;;+1/p-1. The van der Waals surface area contributed by atoms with Crippen LogP contribution in [-0.4, -0.2) is 120 Å². The molecule has 1 atom stereocenters. The highest BCUT2D eigenvalue weighted by molar-refractivity contribution is 7.94. The third kappa shape index (κ3) is 23.8. The van der Waals surface area contributed by atoms with Gasteiger partial charge in [-0.2, -0.15) is 0 Å². The van der Waals surface area contributed by atoms with Gasteiger partial charge in [0.1, 0.15) is 31.8 Å². The molecule has 2 aliphatic rings. The lowest BCUT2D eigenvalue weighted by molar-refractivity contribution is -0.193. The number of allylic oxidation sites excluding steroid dienone is 1. The molecular formula is C45H64Cl4FN4O12PS. The molecule has 0 radical (unpaired) electrons. The predicted octanol–water partition coefficient (Wildman–Crippen LogP) is 8.21. The molecule has 0 aromatic heterocycles. The normalized spacial score (nSPS) is 13.8. The monoisotopic (exact) mass is 1070 g/mol. The molecule has 3 N–H and O–H groups in total. The molecule has 4 rings (SSSR count). The van der Waals surface area contributed by atoms with Crippen molar-refractivity contribution in [3.63, 3.8) is 0 Å². The fraction of sp³-hybridized carbons (Fsp3) is 0.489. The first kappa shape index (κ1) is 64.3. The zero-order chi connectivity index (χ0) is 52.3. The first-order valence-corrected chi connectivity index (χ1v) is 26.9. The highest BCUT2D eigenvalue weighted by Gasteiger charge is 2.40. The van der Waals surface area contributed by atoms with Gasteiger partial charge in [-0.05, 0) is 86.0 Å². The van der Waals surface area contributed by atoms with Gasteiger partial charge in [-0.1, -0.05) is 79.0 Å². The number of anilines is 2. The molecule has 16 nitrogen and oxygen atoms in total. The van der Waals surface area contributed by atoms with Crippen LogP contribution in [0.3, 0.4) is 0 Å². The Morgan fingerprint density at radius 1 is 1.07 bits per heavy atom. The molecule has 23 heteroatoms. The van der Waals surface area contributed by atoms with Gasteiger partial charge < -0.3 is 38.6 Å². The van der Waals surface area contributed by atoms with Crippen molar-refractivity contribution in [3.05, 3.63) is 88.9 Å². The summed E-state index contributed by atoms with van der Waals surface area (Å²) in [5.41, 5.74) is 3.55. The van der Waals surface area contributed by atoms with Gasteiger partial charge in [-0.15, -0.1) is 24.8 Å². The number of rotatable bonds is 18. The van der Waals surface area contributed by atoms with Crippen LogP contribution in [0.5, 0.6) is 5.75 Å². The number of cyclic esters (lactones) is 1. The number of halogens is 5. The second-order valence-corrected chi connectivity index (χ2v) is 20.9. The smallest absolute Gasteiger partial charge is 0.427 e. The zero-order valence-electron chi connectivity index (χ0n) is 39.7. The Morgan fingerprint density at radius 3 is 2.00 bits per heavy atom. The maximum absolute atomic E-state index is 14.3. The van der Waals surface area contributed by atoms with E-state index in [0.29, 0.717) is 34.5 Å². The van der Waals surface area contributed by atoms with Gasteiger partial charge in [0.15, 0.2) is 10.6 Å². The number of carbonyl (C=O) groups excluding carboxylic acids is 4. The number of benzene rings is 2. The van der Waals surface area contributed by atoms with Crippen molar-refractivity contribution < 1.29 is 62.0 Å². The Balaban J connectivity index is 0.000000904. The first-order chi connectivity index (χ1) is 31.8. The lowest BCUT2D eigenvalue weighted by atomic mass is 10.0. The number of amides is 4. The summed E-state index contributed by atoms with van der Waals surface area (Å²) in [5.74, 6) is -2.99. The van der Waals surface area contributed by atoms with E-state index < -0.39 is 49.0 Å². The topological polar surface area (TPSA) is 215 Å². The number of hydrogen-bond donors (Lipinski definition) is 3. The van der Waals surface area contributed by atoms with E-state index in [0.717, 1.165) is 61.4 Å². The van der Waals surface area contributed by atoms with E-state index in [-0.39, 0.29) is 52.7 Å². The molecule has 0 bridgehead atoms. The van der Waals surface area contributed by atoms with Crippen molar-refractivity contribution in [1.82, 2.24) is 10.2 Å². The lowest BCUT2D eigenvalue weighted by Gasteiger charge is -2.26. The molecular weight excluding hydrogens is 1010 g/mol.